The molecule has 0 aliphatic heterocycles. The summed E-state index contributed by atoms with van der Waals surface area (Å²) in [5, 5.41) is 5.46. The zero-order valence-corrected chi connectivity index (χ0v) is 14.6. The number of H-pyrrole nitrogens is 1. The summed E-state index contributed by atoms with van der Waals surface area (Å²) >= 11 is 0. The van der Waals surface area contributed by atoms with Crippen molar-refractivity contribution in [1.82, 2.24) is 25.3 Å². The van der Waals surface area contributed by atoms with Crippen LogP contribution in [0.25, 0.3) is 22.3 Å². The van der Waals surface area contributed by atoms with Crippen molar-refractivity contribution in [1.29, 1.82) is 0 Å². The van der Waals surface area contributed by atoms with Crippen LogP contribution in [0.2, 0.25) is 0 Å². The maximum atomic E-state index is 12.2. The lowest BCUT2D eigenvalue weighted by molar-refractivity contribution is -0.138. The molecule has 3 N–H and O–H groups in total. The second kappa shape index (κ2) is 7.22. The van der Waals surface area contributed by atoms with Crippen LogP contribution >= 0.6 is 0 Å². The SMILES string of the molecule is Cc1cnc2[nH]cc(-c3cncc(NC(C)C(=O)NCC(F)(F)F)n3)c2c1. The summed E-state index contributed by atoms with van der Waals surface area (Å²) in [5.41, 5.74) is 3.02. The first kappa shape index (κ1) is 18.6. The number of nitrogens with one attached hydrogen (secondary N) is 3. The fourth-order valence-electron chi connectivity index (χ4n) is 2.51. The molecule has 3 heterocycles. The zero-order chi connectivity index (χ0) is 19.6. The van der Waals surface area contributed by atoms with Gasteiger partial charge in [0.1, 0.15) is 24.1 Å². The minimum atomic E-state index is -4.46. The molecule has 0 fully saturated rings. The highest BCUT2D eigenvalue weighted by Crippen LogP contribution is 2.27. The Bertz CT molecular complexity index is 969. The Morgan fingerprint density at radius 3 is 2.81 bits per heavy atom. The van der Waals surface area contributed by atoms with Gasteiger partial charge in [0.2, 0.25) is 5.91 Å². The number of pyridine rings is 1. The van der Waals surface area contributed by atoms with E-state index in [1.165, 1.54) is 13.1 Å². The molecule has 1 atom stereocenters. The van der Waals surface area contributed by atoms with Crippen LogP contribution < -0.4 is 10.6 Å². The van der Waals surface area contributed by atoms with Gasteiger partial charge < -0.3 is 15.6 Å². The summed E-state index contributed by atoms with van der Waals surface area (Å²) in [6.45, 7) is 1.98. The van der Waals surface area contributed by atoms with Gasteiger partial charge in [-0.3, -0.25) is 9.78 Å². The van der Waals surface area contributed by atoms with E-state index in [4.69, 9.17) is 0 Å². The van der Waals surface area contributed by atoms with Crippen molar-refractivity contribution < 1.29 is 18.0 Å². The van der Waals surface area contributed by atoms with Crippen LogP contribution in [-0.2, 0) is 4.79 Å². The molecule has 0 spiro atoms. The average Bonchev–Trinajstić information content (AvgIpc) is 3.02. The van der Waals surface area contributed by atoms with Gasteiger partial charge >= 0.3 is 6.18 Å². The van der Waals surface area contributed by atoms with Gasteiger partial charge in [0, 0.05) is 23.3 Å². The van der Waals surface area contributed by atoms with Gasteiger partial charge in [0.05, 0.1) is 18.1 Å². The first-order valence-corrected chi connectivity index (χ1v) is 8.10. The summed E-state index contributed by atoms with van der Waals surface area (Å²) in [7, 11) is 0. The number of fused-ring (bicyclic) bond motifs is 1. The highest BCUT2D eigenvalue weighted by molar-refractivity contribution is 5.92. The monoisotopic (exact) mass is 378 g/mol. The third-order valence-corrected chi connectivity index (χ3v) is 3.80. The second-order valence-corrected chi connectivity index (χ2v) is 6.10. The third kappa shape index (κ3) is 4.52. The van der Waals surface area contributed by atoms with Gasteiger partial charge in [-0.1, -0.05) is 0 Å². The van der Waals surface area contributed by atoms with Crippen LogP contribution in [0.1, 0.15) is 12.5 Å². The Labute approximate surface area is 152 Å². The molecular formula is C17H17F3N6O. The molecule has 7 nitrogen and oxygen atoms in total. The molecule has 0 bridgehead atoms. The Kier molecular flexibility index (Phi) is 4.98. The van der Waals surface area contributed by atoms with E-state index in [2.05, 4.69) is 25.3 Å². The molecule has 0 aromatic carbocycles. The minimum absolute atomic E-state index is 0.275. The van der Waals surface area contributed by atoms with Crippen molar-refractivity contribution in [2.24, 2.45) is 0 Å². The summed E-state index contributed by atoms with van der Waals surface area (Å²) in [6, 6.07) is 1.05. The van der Waals surface area contributed by atoms with Crippen molar-refractivity contribution in [3.05, 3.63) is 36.4 Å². The van der Waals surface area contributed by atoms with Crippen molar-refractivity contribution in [3.63, 3.8) is 0 Å². The van der Waals surface area contributed by atoms with Crippen LogP contribution in [0.3, 0.4) is 0 Å². The molecule has 3 aromatic heterocycles. The Hall–Kier alpha value is -3.17. The molecule has 0 aliphatic rings. The van der Waals surface area contributed by atoms with Gasteiger partial charge in [0.25, 0.3) is 0 Å². The molecule has 3 aromatic rings. The number of aromatic amines is 1. The molecule has 3 rings (SSSR count). The fourth-order valence-corrected chi connectivity index (χ4v) is 2.51. The number of hydrogen-bond acceptors (Lipinski definition) is 5. The molecule has 1 unspecified atom stereocenters. The standard InChI is InChI=1S/C17H17F3N6O/c1-9-3-11-12(5-23-15(11)22-4-9)13-6-21-7-14(26-13)25-10(2)16(27)24-8-17(18,19)20/h3-7,10H,8H2,1-2H3,(H,22,23)(H,24,27)(H,25,26). The number of halogens is 3. The number of carbonyl (C=O) groups excluding carboxylic acids is 1. The largest absolute Gasteiger partial charge is 0.405 e. The fraction of sp³-hybridized carbons (Fsp3) is 0.294. The summed E-state index contributed by atoms with van der Waals surface area (Å²) in [4.78, 5) is 27.6. The highest BCUT2D eigenvalue weighted by atomic mass is 19.4. The van der Waals surface area contributed by atoms with E-state index in [-0.39, 0.29) is 5.82 Å². The van der Waals surface area contributed by atoms with Gasteiger partial charge in [-0.25, -0.2) is 9.97 Å². The van der Waals surface area contributed by atoms with E-state index >= 15 is 0 Å². The van der Waals surface area contributed by atoms with E-state index in [0.717, 1.165) is 16.5 Å². The number of hydrogen-bond donors (Lipinski definition) is 3. The lowest BCUT2D eigenvalue weighted by Gasteiger charge is -2.15. The minimum Gasteiger partial charge on any atom is -0.357 e. The maximum Gasteiger partial charge on any atom is 0.405 e. The van der Waals surface area contributed by atoms with Crippen molar-refractivity contribution >= 4 is 22.8 Å². The van der Waals surface area contributed by atoms with Crippen LogP contribution in [-0.4, -0.2) is 44.6 Å². The number of alkyl halides is 3. The molecule has 0 saturated heterocycles. The van der Waals surface area contributed by atoms with E-state index in [9.17, 15) is 18.0 Å². The molecule has 1 amide bonds. The normalized spacial score (nSPS) is 12.8. The average molecular weight is 378 g/mol. The molecule has 27 heavy (non-hydrogen) atoms. The molecular weight excluding hydrogens is 361 g/mol. The number of amides is 1. The number of carbonyl (C=O) groups is 1. The molecule has 0 radical (unpaired) electrons. The number of aromatic nitrogens is 4. The topological polar surface area (TPSA) is 95.6 Å². The predicted molar refractivity (Wildman–Crippen MR) is 94.0 cm³/mol. The predicted octanol–water partition coefficient (Wildman–Crippen LogP) is 2.81. The lowest BCUT2D eigenvalue weighted by Crippen LogP contribution is -2.42. The lowest BCUT2D eigenvalue weighted by atomic mass is 10.1. The van der Waals surface area contributed by atoms with Crippen molar-refractivity contribution in [2.75, 3.05) is 11.9 Å². The van der Waals surface area contributed by atoms with Crippen LogP contribution in [0.5, 0.6) is 0 Å². The zero-order valence-electron chi connectivity index (χ0n) is 14.6. The number of aryl methyl sites for hydroxylation is 1. The van der Waals surface area contributed by atoms with E-state index in [0.29, 0.717) is 11.3 Å². The third-order valence-electron chi connectivity index (χ3n) is 3.80. The highest BCUT2D eigenvalue weighted by Gasteiger charge is 2.28. The molecule has 142 valence electrons. The smallest absolute Gasteiger partial charge is 0.357 e. The quantitative estimate of drug-likeness (QED) is 0.635. The van der Waals surface area contributed by atoms with Crippen molar-refractivity contribution in [2.45, 2.75) is 26.1 Å². The summed E-state index contributed by atoms with van der Waals surface area (Å²) in [6.07, 6.45) is 1.99. The first-order valence-electron chi connectivity index (χ1n) is 8.10. The summed E-state index contributed by atoms with van der Waals surface area (Å²) in [5.74, 6) is -0.511. The molecule has 10 heteroatoms. The van der Waals surface area contributed by atoms with Gasteiger partial charge in [-0.05, 0) is 25.5 Å². The first-order chi connectivity index (χ1) is 12.7. The second-order valence-electron chi connectivity index (χ2n) is 6.10. The number of nitrogens with zero attached hydrogens (tertiary/aromatic N) is 3. The van der Waals surface area contributed by atoms with Crippen LogP contribution in [0.15, 0.2) is 30.9 Å². The van der Waals surface area contributed by atoms with Crippen LogP contribution in [0, 0.1) is 6.92 Å². The van der Waals surface area contributed by atoms with E-state index in [1.54, 1.807) is 18.6 Å². The molecule has 0 saturated carbocycles. The van der Waals surface area contributed by atoms with E-state index in [1.807, 2.05) is 18.3 Å². The van der Waals surface area contributed by atoms with Gasteiger partial charge in [-0.2, -0.15) is 13.2 Å². The Morgan fingerprint density at radius 2 is 2.07 bits per heavy atom. The van der Waals surface area contributed by atoms with Gasteiger partial charge in [0.15, 0.2) is 0 Å². The molecule has 0 aliphatic carbocycles. The summed E-state index contributed by atoms with van der Waals surface area (Å²) < 4.78 is 36.6. The maximum absolute atomic E-state index is 12.2. The number of anilines is 1. The van der Waals surface area contributed by atoms with E-state index < -0.39 is 24.7 Å². The Balaban J connectivity index is 1.77. The van der Waals surface area contributed by atoms with Crippen molar-refractivity contribution in [3.8, 4) is 11.3 Å². The Morgan fingerprint density at radius 1 is 1.30 bits per heavy atom. The van der Waals surface area contributed by atoms with Gasteiger partial charge in [-0.15, -0.1) is 0 Å². The van der Waals surface area contributed by atoms with Crippen LogP contribution in [0.4, 0.5) is 19.0 Å². The number of rotatable bonds is 5.